The number of benzene rings is 4. The largest absolute Gasteiger partial charge is 0.495 e. The molecule has 4 aromatic carbocycles. The molecule has 0 saturated heterocycles. The van der Waals surface area contributed by atoms with Gasteiger partial charge in [0.1, 0.15) is 28.0 Å². The van der Waals surface area contributed by atoms with E-state index >= 15 is 0 Å². The van der Waals surface area contributed by atoms with Gasteiger partial charge in [0.15, 0.2) is 16.8 Å². The van der Waals surface area contributed by atoms with Crippen molar-refractivity contribution in [2.75, 3.05) is 41.1 Å². The molecular weight excluding hydrogens is 683 g/mol. The molecule has 50 heavy (non-hydrogen) atoms. The lowest BCUT2D eigenvalue weighted by atomic mass is 9.86. The summed E-state index contributed by atoms with van der Waals surface area (Å²) in [4.78, 5) is 17.9. The highest BCUT2D eigenvalue weighted by atomic mass is 32.2. The summed E-state index contributed by atoms with van der Waals surface area (Å²) in [5, 5.41) is 10.3. The van der Waals surface area contributed by atoms with Crippen molar-refractivity contribution >= 4 is 66.5 Å². The Morgan fingerprint density at radius 3 is 2.20 bits per heavy atom. The second-order valence-electron chi connectivity index (χ2n) is 12.2. The van der Waals surface area contributed by atoms with Gasteiger partial charge in [0.25, 0.3) is 0 Å². The number of carbonyl (C=O) groups is 1. The van der Waals surface area contributed by atoms with Gasteiger partial charge in [-0.3, -0.25) is 4.72 Å². The molecule has 0 saturated carbocycles. The number of nitrogens with zero attached hydrogens (tertiary/aromatic N) is 1. The Morgan fingerprint density at radius 2 is 1.54 bits per heavy atom. The molecule has 5 aromatic rings. The van der Waals surface area contributed by atoms with Crippen LogP contribution in [0.15, 0.2) is 90.0 Å². The van der Waals surface area contributed by atoms with E-state index in [1.54, 1.807) is 54.7 Å². The maximum atomic E-state index is 13.4. The fraction of sp³-hybridized carbons (Fsp3) is 0.200. The Morgan fingerprint density at radius 1 is 0.840 bits per heavy atom. The van der Waals surface area contributed by atoms with E-state index in [1.807, 2.05) is 45.0 Å². The molecule has 0 fully saturated rings. The second-order valence-corrected chi connectivity index (χ2v) is 14.9. The summed E-state index contributed by atoms with van der Waals surface area (Å²) in [6, 6.07) is 21.9. The average molecular weight is 720 g/mol. The van der Waals surface area contributed by atoms with Crippen molar-refractivity contribution in [1.29, 1.82) is 0 Å². The van der Waals surface area contributed by atoms with Gasteiger partial charge in [-0.2, -0.15) is 0 Å². The molecule has 1 atom stereocenters. The molecule has 262 valence electrons. The molecule has 0 spiro atoms. The first-order valence-electron chi connectivity index (χ1n) is 15.1. The Balaban J connectivity index is 1.39. The molecule has 13 nitrogen and oxygen atoms in total. The number of sulfonamides is 1. The van der Waals surface area contributed by atoms with Crippen LogP contribution in [0.4, 0.5) is 33.4 Å². The molecule has 0 radical (unpaired) electrons. The van der Waals surface area contributed by atoms with Crippen LogP contribution in [0, 0.1) is 0 Å². The minimum absolute atomic E-state index is 0.149. The number of hydrogen-bond donors (Lipinski definition) is 5. The first-order chi connectivity index (χ1) is 23.6. The van der Waals surface area contributed by atoms with Crippen molar-refractivity contribution in [2.24, 2.45) is 0 Å². The third-order valence-corrected chi connectivity index (χ3v) is 8.72. The number of ether oxygens (including phenoxy) is 3. The lowest BCUT2D eigenvalue weighted by Gasteiger charge is -2.24. The highest BCUT2D eigenvalue weighted by Gasteiger charge is 2.22. The summed E-state index contributed by atoms with van der Waals surface area (Å²) < 4.78 is 64.8. The van der Waals surface area contributed by atoms with Crippen LogP contribution in [0.3, 0.4) is 0 Å². The summed E-state index contributed by atoms with van der Waals surface area (Å²) in [6.45, 7) is 5.92. The Labute approximate surface area is 292 Å². The fourth-order valence-corrected chi connectivity index (χ4v) is 6.15. The fourth-order valence-electron chi connectivity index (χ4n) is 5.10. The van der Waals surface area contributed by atoms with E-state index < -0.39 is 27.1 Å². The molecule has 0 aliphatic carbocycles. The third-order valence-electron chi connectivity index (χ3n) is 7.42. The van der Waals surface area contributed by atoms with E-state index in [1.165, 1.54) is 20.3 Å². The Bertz CT molecular complexity index is 2200. The van der Waals surface area contributed by atoms with E-state index in [4.69, 9.17) is 14.2 Å². The number of amides is 2. The number of hydrogen-bond acceptors (Lipinski definition) is 9. The van der Waals surface area contributed by atoms with Gasteiger partial charge in [-0.25, -0.2) is 22.4 Å². The van der Waals surface area contributed by atoms with Gasteiger partial charge < -0.3 is 34.7 Å². The normalized spacial score (nSPS) is 12.1. The zero-order valence-corrected chi connectivity index (χ0v) is 29.8. The number of aromatic nitrogens is 1. The van der Waals surface area contributed by atoms with Gasteiger partial charge in [0.2, 0.25) is 10.0 Å². The van der Waals surface area contributed by atoms with Gasteiger partial charge in [-0.05, 0) is 53.4 Å². The molecule has 5 rings (SSSR count). The number of pyridine rings is 1. The lowest BCUT2D eigenvalue weighted by Crippen LogP contribution is -2.22. The van der Waals surface area contributed by atoms with Gasteiger partial charge >= 0.3 is 6.03 Å². The molecule has 2 amide bonds. The summed E-state index contributed by atoms with van der Waals surface area (Å²) in [5.74, 6) is 1.88. The summed E-state index contributed by atoms with van der Waals surface area (Å²) in [5.41, 5.74) is 1.99. The number of carbonyl (C=O) groups excluding carboxylic acids is 1. The first kappa shape index (κ1) is 35.9. The van der Waals surface area contributed by atoms with Crippen LogP contribution in [0.2, 0.25) is 0 Å². The summed E-state index contributed by atoms with van der Waals surface area (Å²) >= 11 is -2.20. The van der Waals surface area contributed by atoms with Crippen LogP contribution >= 0.6 is 0 Å². The third kappa shape index (κ3) is 8.61. The van der Waals surface area contributed by atoms with Crippen LogP contribution < -0.4 is 34.9 Å². The molecule has 5 N–H and O–H groups in total. The smallest absolute Gasteiger partial charge is 0.323 e. The number of methoxy groups -OCH3 is 2. The van der Waals surface area contributed by atoms with Crippen molar-refractivity contribution in [3.05, 3.63) is 90.6 Å². The number of urea groups is 1. The van der Waals surface area contributed by atoms with E-state index in [0.717, 1.165) is 17.2 Å². The predicted molar refractivity (Wildman–Crippen MR) is 196 cm³/mol. The first-order valence-corrected chi connectivity index (χ1v) is 18.1. The molecule has 1 unspecified atom stereocenters. The standard InChI is InChI=1S/C35H37N5O8S2/c1-35(2,3)21-17-27(33(47-5)28(18-21)40-50(6,44)45)39-34(41)38-26-12-13-29(25-10-8-7-9-24(25)26)48-23-15-16-36-32(20-23)37-22-11-14-31(49(42)43)30(19-22)46-4/h7-20,40H,1-6H3,(H,36,37)(H,42,43)(H2,38,39,41). The zero-order chi connectivity index (χ0) is 36.2. The van der Waals surface area contributed by atoms with Crippen LogP contribution in [0.1, 0.15) is 26.3 Å². The maximum absolute atomic E-state index is 13.4. The number of nitrogens with one attached hydrogen (secondary N) is 4. The molecule has 1 aromatic heterocycles. The van der Waals surface area contributed by atoms with Gasteiger partial charge in [0.05, 0.1) is 37.5 Å². The quantitative estimate of drug-likeness (QED) is 0.0851. The Hall–Kier alpha value is -5.38. The summed E-state index contributed by atoms with van der Waals surface area (Å²) in [6.07, 6.45) is 2.62. The second kappa shape index (κ2) is 14.6. The van der Waals surface area contributed by atoms with Gasteiger partial charge in [-0.15, -0.1) is 0 Å². The van der Waals surface area contributed by atoms with Gasteiger partial charge in [0, 0.05) is 34.8 Å². The lowest BCUT2D eigenvalue weighted by molar-refractivity contribution is 0.262. The summed E-state index contributed by atoms with van der Waals surface area (Å²) in [7, 11) is -0.827. The number of rotatable bonds is 11. The maximum Gasteiger partial charge on any atom is 0.323 e. The average Bonchev–Trinajstić information content (AvgIpc) is 3.04. The SMILES string of the molecule is COc1cc(Nc2cc(Oc3ccc(NC(=O)Nc4cc(C(C)(C)C)cc(NS(C)(=O)=O)c4OC)c4ccccc34)ccn2)ccc1S(=O)O. The van der Waals surface area contributed by atoms with Crippen LogP contribution in [0.25, 0.3) is 10.8 Å². The van der Waals surface area contributed by atoms with Crippen LogP contribution in [0.5, 0.6) is 23.0 Å². The number of anilines is 5. The topological polar surface area (TPSA) is 177 Å². The monoisotopic (exact) mass is 719 g/mol. The predicted octanol–water partition coefficient (Wildman–Crippen LogP) is 7.68. The molecule has 0 aliphatic rings. The van der Waals surface area contributed by atoms with Crippen LogP contribution in [-0.2, 0) is 26.5 Å². The van der Waals surface area contributed by atoms with E-state index in [-0.39, 0.29) is 33.2 Å². The zero-order valence-electron chi connectivity index (χ0n) is 28.2. The number of fused-ring (bicyclic) bond motifs is 1. The minimum atomic E-state index is -3.64. The molecule has 0 bridgehead atoms. The van der Waals surface area contributed by atoms with Crippen LogP contribution in [-0.4, -0.2) is 48.7 Å². The van der Waals surface area contributed by atoms with Crippen molar-refractivity contribution in [3.63, 3.8) is 0 Å². The molecule has 15 heteroatoms. The Kier molecular flexibility index (Phi) is 10.5. The highest BCUT2D eigenvalue weighted by Crippen LogP contribution is 2.40. The van der Waals surface area contributed by atoms with E-state index in [9.17, 15) is 22.0 Å². The van der Waals surface area contributed by atoms with Crippen molar-refractivity contribution in [2.45, 2.75) is 31.1 Å². The molecule has 0 aliphatic heterocycles. The minimum Gasteiger partial charge on any atom is -0.495 e. The van der Waals surface area contributed by atoms with Crippen molar-refractivity contribution < 1.29 is 36.2 Å². The highest BCUT2D eigenvalue weighted by molar-refractivity contribution is 7.92. The van der Waals surface area contributed by atoms with Crippen molar-refractivity contribution in [1.82, 2.24) is 4.98 Å². The molecular formula is C35H37N5O8S2. The van der Waals surface area contributed by atoms with E-state index in [0.29, 0.717) is 34.1 Å². The van der Waals surface area contributed by atoms with Gasteiger partial charge in [-0.1, -0.05) is 45.0 Å². The molecule has 1 heterocycles. The van der Waals surface area contributed by atoms with Crippen molar-refractivity contribution in [3.8, 4) is 23.0 Å². The van der Waals surface area contributed by atoms with E-state index in [2.05, 4.69) is 25.7 Å².